The molecule has 1 aliphatic rings. The van der Waals surface area contributed by atoms with Crippen molar-refractivity contribution >= 4 is 22.6 Å². The fraction of sp³-hybridized carbons (Fsp3) is 1.00. The Hall–Kier alpha value is 0.690. The van der Waals surface area contributed by atoms with Crippen LogP contribution in [-0.2, 0) is 0 Å². The van der Waals surface area contributed by atoms with Gasteiger partial charge in [-0.1, -0.05) is 29.5 Å². The lowest BCUT2D eigenvalue weighted by Crippen LogP contribution is -2.33. The lowest BCUT2D eigenvalue weighted by Gasteiger charge is -2.27. The van der Waals surface area contributed by atoms with Crippen molar-refractivity contribution < 1.29 is 0 Å². The van der Waals surface area contributed by atoms with E-state index in [0.29, 0.717) is 0 Å². The summed E-state index contributed by atoms with van der Waals surface area (Å²) < 4.78 is 0.949. The molecule has 0 amide bonds. The second-order valence-electron chi connectivity index (χ2n) is 2.61. The predicted molar refractivity (Wildman–Crippen MR) is 49.2 cm³/mol. The molecule has 0 aromatic rings. The first-order valence-corrected chi connectivity index (χ1v) is 4.94. The first-order valence-electron chi connectivity index (χ1n) is 3.69. The molecule has 0 spiro atoms. The van der Waals surface area contributed by atoms with Crippen LogP contribution in [0.3, 0.4) is 0 Å². The maximum Gasteiger partial charge on any atom is 0.0134 e. The largest absolute Gasteiger partial charge is 0.304 e. The zero-order valence-electron chi connectivity index (χ0n) is 5.94. The van der Waals surface area contributed by atoms with Crippen molar-refractivity contribution in [3.05, 3.63) is 0 Å². The third kappa shape index (κ3) is 2.42. The fourth-order valence-corrected chi connectivity index (χ4v) is 1.77. The van der Waals surface area contributed by atoms with Gasteiger partial charge in [0.2, 0.25) is 0 Å². The molecule has 1 fully saturated rings. The normalized spacial score (nSPS) is 24.7. The Labute approximate surface area is 70.9 Å². The Bertz CT molecular complexity index is 77.0. The highest BCUT2D eigenvalue weighted by molar-refractivity contribution is 14.1. The Kier molecular flexibility index (Phi) is 3.26. The summed E-state index contributed by atoms with van der Waals surface area (Å²) in [5, 5.41) is 0. The summed E-state index contributed by atoms with van der Waals surface area (Å²) >= 11 is 2.56. The SMILES string of the molecule is CCN1CCC(I)CC1. The molecule has 1 nitrogen and oxygen atoms in total. The van der Waals surface area contributed by atoms with Gasteiger partial charge in [0.1, 0.15) is 0 Å². The van der Waals surface area contributed by atoms with Crippen molar-refractivity contribution in [2.24, 2.45) is 0 Å². The average molecular weight is 239 g/mol. The van der Waals surface area contributed by atoms with Crippen LogP contribution in [0.4, 0.5) is 0 Å². The summed E-state index contributed by atoms with van der Waals surface area (Å²) in [6.45, 7) is 6.13. The highest BCUT2D eigenvalue weighted by atomic mass is 127. The minimum absolute atomic E-state index is 0.949. The molecule has 0 atom stereocenters. The number of rotatable bonds is 1. The van der Waals surface area contributed by atoms with Crippen molar-refractivity contribution in [2.75, 3.05) is 19.6 Å². The number of hydrogen-bond acceptors (Lipinski definition) is 1. The lowest BCUT2D eigenvalue weighted by atomic mass is 10.1. The molecule has 0 saturated carbocycles. The molecule has 0 aliphatic carbocycles. The molecule has 0 aromatic heterocycles. The van der Waals surface area contributed by atoms with Crippen LogP contribution in [0.5, 0.6) is 0 Å². The van der Waals surface area contributed by atoms with Gasteiger partial charge in [-0.05, 0) is 32.5 Å². The minimum atomic E-state index is 0.949. The van der Waals surface area contributed by atoms with Gasteiger partial charge in [0.25, 0.3) is 0 Å². The summed E-state index contributed by atoms with van der Waals surface area (Å²) in [5.74, 6) is 0. The van der Waals surface area contributed by atoms with Gasteiger partial charge in [0, 0.05) is 3.92 Å². The molecule has 1 heterocycles. The third-order valence-electron chi connectivity index (χ3n) is 1.96. The molecule has 2 heteroatoms. The van der Waals surface area contributed by atoms with Gasteiger partial charge in [-0.15, -0.1) is 0 Å². The molecule has 54 valence electrons. The van der Waals surface area contributed by atoms with E-state index in [2.05, 4.69) is 34.4 Å². The number of likely N-dealkylation sites (tertiary alicyclic amines) is 1. The quantitative estimate of drug-likeness (QED) is 0.499. The van der Waals surface area contributed by atoms with E-state index in [-0.39, 0.29) is 0 Å². The van der Waals surface area contributed by atoms with Crippen LogP contribution in [0.25, 0.3) is 0 Å². The van der Waals surface area contributed by atoms with E-state index in [1.807, 2.05) is 0 Å². The van der Waals surface area contributed by atoms with Crippen molar-refractivity contribution in [1.29, 1.82) is 0 Å². The molecule has 1 rings (SSSR count). The Morgan fingerprint density at radius 1 is 1.44 bits per heavy atom. The van der Waals surface area contributed by atoms with Crippen molar-refractivity contribution in [3.8, 4) is 0 Å². The standard InChI is InChI=1S/C7H14IN/c1-2-9-5-3-7(8)4-6-9/h7H,2-6H2,1H3. The van der Waals surface area contributed by atoms with Crippen LogP contribution in [0.1, 0.15) is 19.8 Å². The van der Waals surface area contributed by atoms with Crippen LogP contribution in [0, 0.1) is 0 Å². The minimum Gasteiger partial charge on any atom is -0.304 e. The van der Waals surface area contributed by atoms with Gasteiger partial charge in [-0.25, -0.2) is 0 Å². The fourth-order valence-electron chi connectivity index (χ4n) is 1.22. The summed E-state index contributed by atoms with van der Waals surface area (Å²) in [6.07, 6.45) is 2.79. The van der Waals surface area contributed by atoms with Crippen molar-refractivity contribution in [3.63, 3.8) is 0 Å². The number of alkyl halides is 1. The molecule has 0 bridgehead atoms. The van der Waals surface area contributed by atoms with Crippen LogP contribution in [-0.4, -0.2) is 28.5 Å². The molecule has 0 unspecified atom stereocenters. The average Bonchev–Trinajstić information content (AvgIpc) is 1.90. The molecular formula is C7H14IN. The first-order chi connectivity index (χ1) is 4.33. The number of halogens is 1. The summed E-state index contributed by atoms with van der Waals surface area (Å²) in [4.78, 5) is 2.52. The topological polar surface area (TPSA) is 3.24 Å². The van der Waals surface area contributed by atoms with Crippen LogP contribution >= 0.6 is 22.6 Å². The number of nitrogens with zero attached hydrogens (tertiary/aromatic N) is 1. The van der Waals surface area contributed by atoms with Gasteiger partial charge < -0.3 is 4.90 Å². The van der Waals surface area contributed by atoms with E-state index in [0.717, 1.165) is 3.92 Å². The van der Waals surface area contributed by atoms with Crippen molar-refractivity contribution in [2.45, 2.75) is 23.7 Å². The molecule has 1 aliphatic heterocycles. The molecular weight excluding hydrogens is 225 g/mol. The van der Waals surface area contributed by atoms with Crippen LogP contribution in [0.15, 0.2) is 0 Å². The highest BCUT2D eigenvalue weighted by Gasteiger charge is 2.14. The van der Waals surface area contributed by atoms with Crippen molar-refractivity contribution in [1.82, 2.24) is 4.90 Å². The molecule has 9 heavy (non-hydrogen) atoms. The monoisotopic (exact) mass is 239 g/mol. The van der Waals surface area contributed by atoms with Crippen LogP contribution in [0.2, 0.25) is 0 Å². The molecule has 0 aromatic carbocycles. The first kappa shape index (κ1) is 7.79. The zero-order chi connectivity index (χ0) is 6.69. The Morgan fingerprint density at radius 2 is 2.00 bits per heavy atom. The van der Waals surface area contributed by atoms with E-state index >= 15 is 0 Å². The summed E-state index contributed by atoms with van der Waals surface area (Å²) in [7, 11) is 0. The third-order valence-corrected chi connectivity index (χ3v) is 3.21. The number of piperidine rings is 1. The second kappa shape index (κ2) is 3.76. The van der Waals surface area contributed by atoms with E-state index in [9.17, 15) is 0 Å². The highest BCUT2D eigenvalue weighted by Crippen LogP contribution is 2.16. The van der Waals surface area contributed by atoms with E-state index in [1.54, 1.807) is 0 Å². The smallest absolute Gasteiger partial charge is 0.0134 e. The van der Waals surface area contributed by atoms with Gasteiger partial charge >= 0.3 is 0 Å². The molecule has 1 saturated heterocycles. The number of hydrogen-bond donors (Lipinski definition) is 0. The van der Waals surface area contributed by atoms with E-state index in [1.165, 1.54) is 32.5 Å². The van der Waals surface area contributed by atoms with E-state index in [4.69, 9.17) is 0 Å². The second-order valence-corrected chi connectivity index (χ2v) is 4.37. The maximum atomic E-state index is 2.56. The van der Waals surface area contributed by atoms with E-state index < -0.39 is 0 Å². The summed E-state index contributed by atoms with van der Waals surface area (Å²) in [6, 6.07) is 0. The van der Waals surface area contributed by atoms with Gasteiger partial charge in [-0.3, -0.25) is 0 Å². The predicted octanol–water partition coefficient (Wildman–Crippen LogP) is 1.91. The van der Waals surface area contributed by atoms with Crippen LogP contribution < -0.4 is 0 Å². The molecule has 0 N–H and O–H groups in total. The molecule has 0 radical (unpaired) electrons. The van der Waals surface area contributed by atoms with Gasteiger partial charge in [-0.2, -0.15) is 0 Å². The maximum absolute atomic E-state index is 2.56. The Balaban J connectivity index is 2.18. The van der Waals surface area contributed by atoms with Gasteiger partial charge in [0.15, 0.2) is 0 Å². The zero-order valence-corrected chi connectivity index (χ0v) is 8.10. The Morgan fingerprint density at radius 3 is 2.44 bits per heavy atom. The lowest BCUT2D eigenvalue weighted by molar-refractivity contribution is 0.248. The van der Waals surface area contributed by atoms with Gasteiger partial charge in [0.05, 0.1) is 0 Å². The summed E-state index contributed by atoms with van der Waals surface area (Å²) in [5.41, 5.74) is 0.